The molecule has 23 heavy (non-hydrogen) atoms. The number of hydrogen-bond acceptors (Lipinski definition) is 7. The molecule has 1 aromatic carbocycles. The van der Waals surface area contributed by atoms with Crippen molar-refractivity contribution in [2.24, 2.45) is 0 Å². The Morgan fingerprint density at radius 3 is 2.09 bits per heavy atom. The molecule has 2 heterocycles. The number of ketones is 2. The van der Waals surface area contributed by atoms with Crippen LogP contribution in [0.1, 0.15) is 27.6 Å². The van der Waals surface area contributed by atoms with Gasteiger partial charge >= 0.3 is 0 Å². The number of Topliss-reactive ketones (excluding diaryl/α,β-unsaturated/α-hetero) is 2. The van der Waals surface area contributed by atoms with Gasteiger partial charge in [-0.3, -0.25) is 9.59 Å². The van der Waals surface area contributed by atoms with Crippen molar-refractivity contribution in [3.05, 3.63) is 22.3 Å². The second kappa shape index (κ2) is 4.73. The molecule has 0 radical (unpaired) electrons. The van der Waals surface area contributed by atoms with Crippen molar-refractivity contribution in [2.75, 3.05) is 27.6 Å². The second-order valence-corrected chi connectivity index (χ2v) is 5.38. The third-order valence-corrected chi connectivity index (χ3v) is 4.32. The molecule has 7 nitrogen and oxygen atoms in total. The molecule has 1 unspecified atom stereocenters. The van der Waals surface area contributed by atoms with E-state index >= 15 is 0 Å². The summed E-state index contributed by atoms with van der Waals surface area (Å²) in [6.45, 7) is 1.83. The van der Waals surface area contributed by atoms with Gasteiger partial charge in [-0.1, -0.05) is 0 Å². The summed E-state index contributed by atoms with van der Waals surface area (Å²) in [5.74, 6) is 0.343. The lowest BCUT2D eigenvalue weighted by Gasteiger charge is -2.22. The predicted molar refractivity (Wildman–Crippen MR) is 76.8 cm³/mol. The van der Waals surface area contributed by atoms with Crippen molar-refractivity contribution in [1.29, 1.82) is 0 Å². The Morgan fingerprint density at radius 2 is 1.52 bits per heavy atom. The first-order chi connectivity index (χ1) is 11.1. The number of methoxy groups -OCH3 is 2. The quantitative estimate of drug-likeness (QED) is 0.818. The fourth-order valence-corrected chi connectivity index (χ4v) is 3.30. The molecule has 0 saturated heterocycles. The Balaban J connectivity index is 2.08. The Labute approximate surface area is 131 Å². The first-order valence-corrected chi connectivity index (χ1v) is 7.11. The number of carbonyl (C=O) groups is 2. The summed E-state index contributed by atoms with van der Waals surface area (Å²) >= 11 is 0. The molecule has 0 saturated carbocycles. The van der Waals surface area contributed by atoms with Gasteiger partial charge in [-0.2, -0.15) is 0 Å². The van der Waals surface area contributed by atoms with E-state index in [0.29, 0.717) is 11.1 Å². The number of hydrogen-bond donors (Lipinski definition) is 0. The standard InChI is InChI=1S/C16H14O7/c1-6-8-7(4-21-6)11(17)9-10(12(8)18)14(20-3)16-15(13(9)19-2)22-5-23-16/h6H,4-5H2,1-3H3. The minimum absolute atomic E-state index is 0.0278. The second-order valence-electron chi connectivity index (χ2n) is 5.38. The smallest absolute Gasteiger partial charge is 0.231 e. The van der Waals surface area contributed by atoms with Crippen molar-refractivity contribution in [3.8, 4) is 23.0 Å². The third-order valence-electron chi connectivity index (χ3n) is 4.32. The van der Waals surface area contributed by atoms with Crippen LogP contribution in [0, 0.1) is 0 Å². The van der Waals surface area contributed by atoms with E-state index in [1.54, 1.807) is 6.92 Å². The molecule has 1 atom stereocenters. The van der Waals surface area contributed by atoms with E-state index in [2.05, 4.69) is 0 Å². The summed E-state index contributed by atoms with van der Waals surface area (Å²) < 4.78 is 27.0. The molecular weight excluding hydrogens is 304 g/mol. The van der Waals surface area contributed by atoms with Crippen LogP contribution in [0.25, 0.3) is 0 Å². The maximum Gasteiger partial charge on any atom is 0.231 e. The topological polar surface area (TPSA) is 80.3 Å². The molecule has 0 aromatic heterocycles. The van der Waals surface area contributed by atoms with Gasteiger partial charge in [-0.25, -0.2) is 0 Å². The van der Waals surface area contributed by atoms with E-state index in [-0.39, 0.29) is 59.1 Å². The van der Waals surface area contributed by atoms with Crippen LogP contribution in [0.3, 0.4) is 0 Å². The van der Waals surface area contributed by atoms with Crippen LogP contribution in [0.15, 0.2) is 11.1 Å². The molecule has 0 N–H and O–H groups in total. The average molecular weight is 318 g/mol. The SMILES string of the molecule is COc1c2c(c(OC)c3c1C(=O)C1=C(C3=O)C(C)OC1)OCO2. The zero-order valence-electron chi connectivity index (χ0n) is 12.8. The summed E-state index contributed by atoms with van der Waals surface area (Å²) in [4.78, 5) is 25.9. The van der Waals surface area contributed by atoms with Gasteiger partial charge in [0.1, 0.15) is 0 Å². The summed E-state index contributed by atoms with van der Waals surface area (Å²) in [5.41, 5.74) is 1.04. The number of fused-ring (bicyclic) bond motifs is 2. The van der Waals surface area contributed by atoms with Crippen LogP contribution < -0.4 is 18.9 Å². The number of benzene rings is 1. The summed E-state index contributed by atoms with van der Waals surface area (Å²) in [5, 5.41) is 0. The number of ether oxygens (including phenoxy) is 5. The van der Waals surface area contributed by atoms with E-state index in [0.717, 1.165) is 0 Å². The van der Waals surface area contributed by atoms with Crippen molar-refractivity contribution in [3.63, 3.8) is 0 Å². The minimum atomic E-state index is -0.435. The molecule has 1 aromatic rings. The van der Waals surface area contributed by atoms with Crippen molar-refractivity contribution >= 4 is 11.6 Å². The highest BCUT2D eigenvalue weighted by Gasteiger charge is 2.45. The molecule has 0 spiro atoms. The zero-order valence-corrected chi connectivity index (χ0v) is 12.8. The largest absolute Gasteiger partial charge is 0.492 e. The molecule has 0 bridgehead atoms. The van der Waals surface area contributed by atoms with Gasteiger partial charge in [0.2, 0.25) is 18.3 Å². The molecular formula is C16H14O7. The van der Waals surface area contributed by atoms with Gasteiger partial charge in [-0.05, 0) is 6.92 Å². The van der Waals surface area contributed by atoms with E-state index < -0.39 is 6.10 Å². The van der Waals surface area contributed by atoms with Crippen LogP contribution in [0.5, 0.6) is 23.0 Å². The molecule has 4 rings (SSSR count). The molecule has 0 amide bonds. The normalized spacial score (nSPS) is 21.4. The fraction of sp³-hybridized carbons (Fsp3) is 0.375. The van der Waals surface area contributed by atoms with E-state index in [9.17, 15) is 9.59 Å². The Bertz CT molecular complexity index is 790. The maximum absolute atomic E-state index is 13.0. The van der Waals surface area contributed by atoms with Gasteiger partial charge in [-0.15, -0.1) is 0 Å². The Kier molecular flexibility index (Phi) is 2.89. The van der Waals surface area contributed by atoms with Gasteiger partial charge < -0.3 is 23.7 Å². The monoisotopic (exact) mass is 318 g/mol. The van der Waals surface area contributed by atoms with Crippen molar-refractivity contribution in [2.45, 2.75) is 13.0 Å². The Hall–Kier alpha value is -2.54. The minimum Gasteiger partial charge on any atom is -0.492 e. The molecule has 120 valence electrons. The maximum atomic E-state index is 13.0. The first kappa shape index (κ1) is 14.1. The van der Waals surface area contributed by atoms with Crippen molar-refractivity contribution in [1.82, 2.24) is 0 Å². The van der Waals surface area contributed by atoms with Crippen LogP contribution in [-0.2, 0) is 4.74 Å². The molecule has 7 heteroatoms. The van der Waals surface area contributed by atoms with Crippen LogP contribution in [0.2, 0.25) is 0 Å². The van der Waals surface area contributed by atoms with Gasteiger partial charge in [0.05, 0.1) is 38.1 Å². The molecule has 0 fully saturated rings. The summed E-state index contributed by atoms with van der Waals surface area (Å²) in [7, 11) is 2.83. The zero-order chi connectivity index (χ0) is 16.3. The summed E-state index contributed by atoms with van der Waals surface area (Å²) in [6.07, 6.45) is -0.435. The predicted octanol–water partition coefficient (Wildman–Crippen LogP) is 1.53. The summed E-state index contributed by atoms with van der Waals surface area (Å²) in [6, 6.07) is 0. The number of carbonyl (C=O) groups excluding carboxylic acids is 2. The Morgan fingerprint density at radius 1 is 0.957 bits per heavy atom. The van der Waals surface area contributed by atoms with Crippen LogP contribution in [0.4, 0.5) is 0 Å². The number of rotatable bonds is 2. The molecule has 1 aliphatic carbocycles. The first-order valence-electron chi connectivity index (χ1n) is 7.11. The van der Waals surface area contributed by atoms with Crippen LogP contribution >= 0.6 is 0 Å². The molecule has 3 aliphatic rings. The average Bonchev–Trinajstić information content (AvgIpc) is 3.17. The lowest BCUT2D eigenvalue weighted by molar-refractivity contribution is 0.0956. The van der Waals surface area contributed by atoms with E-state index in [1.165, 1.54) is 14.2 Å². The lowest BCUT2D eigenvalue weighted by atomic mass is 9.82. The highest BCUT2D eigenvalue weighted by molar-refractivity contribution is 6.30. The van der Waals surface area contributed by atoms with Gasteiger partial charge in [0, 0.05) is 11.1 Å². The van der Waals surface area contributed by atoms with E-state index in [4.69, 9.17) is 23.7 Å². The highest BCUT2D eigenvalue weighted by Crippen LogP contribution is 2.54. The van der Waals surface area contributed by atoms with E-state index in [1.807, 2.05) is 0 Å². The van der Waals surface area contributed by atoms with Crippen LogP contribution in [-0.4, -0.2) is 45.3 Å². The molecule has 2 aliphatic heterocycles. The van der Waals surface area contributed by atoms with Gasteiger partial charge in [0.15, 0.2) is 23.1 Å². The van der Waals surface area contributed by atoms with Gasteiger partial charge in [0.25, 0.3) is 0 Å². The van der Waals surface area contributed by atoms with Crippen molar-refractivity contribution < 1.29 is 33.3 Å². The lowest BCUT2D eigenvalue weighted by Crippen LogP contribution is -2.25. The highest BCUT2D eigenvalue weighted by atomic mass is 16.7. The third kappa shape index (κ3) is 1.62. The fourth-order valence-electron chi connectivity index (χ4n) is 3.30.